The Morgan fingerprint density at radius 3 is 2.63 bits per heavy atom. The number of aromatic nitrogens is 1. The summed E-state index contributed by atoms with van der Waals surface area (Å²) in [6.07, 6.45) is 6.07. The number of rotatable bonds is 3. The lowest BCUT2D eigenvalue weighted by molar-refractivity contribution is -0.179. The maximum Gasteiger partial charge on any atom is 0.168 e. The highest BCUT2D eigenvalue weighted by Gasteiger charge is 2.40. The van der Waals surface area contributed by atoms with Crippen molar-refractivity contribution < 1.29 is 9.47 Å². The van der Waals surface area contributed by atoms with E-state index < -0.39 is 0 Å². The number of nitrogens with zero attached hydrogens (tertiary/aromatic N) is 1. The zero-order valence-corrected chi connectivity index (χ0v) is 11.5. The van der Waals surface area contributed by atoms with Gasteiger partial charge in [-0.05, 0) is 31.9 Å². The average molecular weight is 262 g/mol. The molecule has 1 aliphatic heterocycles. The molecule has 2 aliphatic rings. The Morgan fingerprint density at radius 1 is 1.26 bits per heavy atom. The number of hydrogen-bond acceptors (Lipinski definition) is 4. The van der Waals surface area contributed by atoms with Crippen LogP contribution in [0, 0.1) is 0 Å². The predicted molar refractivity (Wildman–Crippen MR) is 72.7 cm³/mol. The molecule has 0 radical (unpaired) electrons. The summed E-state index contributed by atoms with van der Waals surface area (Å²) in [5.41, 5.74) is 1.11. The van der Waals surface area contributed by atoms with E-state index in [9.17, 15) is 0 Å². The van der Waals surface area contributed by atoms with E-state index in [1.807, 2.05) is 18.3 Å². The van der Waals surface area contributed by atoms with Gasteiger partial charge in [-0.3, -0.25) is 4.98 Å². The van der Waals surface area contributed by atoms with Gasteiger partial charge in [-0.15, -0.1) is 0 Å². The van der Waals surface area contributed by atoms with E-state index in [-0.39, 0.29) is 5.79 Å². The molecule has 104 valence electrons. The van der Waals surface area contributed by atoms with Crippen molar-refractivity contribution in [3.63, 3.8) is 0 Å². The van der Waals surface area contributed by atoms with Crippen molar-refractivity contribution in [2.45, 2.75) is 50.5 Å². The molecule has 1 saturated heterocycles. The van der Waals surface area contributed by atoms with Gasteiger partial charge in [-0.2, -0.15) is 0 Å². The van der Waals surface area contributed by atoms with Gasteiger partial charge in [0.1, 0.15) is 0 Å². The van der Waals surface area contributed by atoms with Gasteiger partial charge in [0.25, 0.3) is 0 Å². The van der Waals surface area contributed by atoms with Crippen LogP contribution in [-0.4, -0.2) is 30.0 Å². The Hall–Kier alpha value is -0.970. The van der Waals surface area contributed by atoms with Crippen LogP contribution in [0.25, 0.3) is 0 Å². The van der Waals surface area contributed by atoms with Crippen molar-refractivity contribution in [2.75, 3.05) is 13.2 Å². The smallest absolute Gasteiger partial charge is 0.168 e. The number of hydrogen-bond donors (Lipinski definition) is 1. The third-order valence-electron chi connectivity index (χ3n) is 4.18. The summed E-state index contributed by atoms with van der Waals surface area (Å²) < 4.78 is 11.5. The summed E-state index contributed by atoms with van der Waals surface area (Å²) >= 11 is 0. The van der Waals surface area contributed by atoms with Crippen molar-refractivity contribution >= 4 is 0 Å². The molecule has 4 nitrogen and oxygen atoms in total. The molecule has 3 rings (SSSR count). The maximum atomic E-state index is 5.76. The lowest BCUT2D eigenvalue weighted by atomic mass is 9.89. The van der Waals surface area contributed by atoms with E-state index >= 15 is 0 Å². The molecule has 0 amide bonds. The van der Waals surface area contributed by atoms with E-state index in [1.54, 1.807) is 0 Å². The molecule has 2 heterocycles. The van der Waals surface area contributed by atoms with Crippen LogP contribution in [0.2, 0.25) is 0 Å². The van der Waals surface area contributed by atoms with Crippen LogP contribution in [0.1, 0.15) is 44.3 Å². The molecule has 2 fully saturated rings. The van der Waals surface area contributed by atoms with Crippen molar-refractivity contribution in [2.24, 2.45) is 0 Å². The molecule has 1 N–H and O–H groups in total. The SMILES string of the molecule is CC(NC1CCC2(CC1)OCCO2)c1ccccn1. The lowest BCUT2D eigenvalue weighted by Gasteiger charge is -2.36. The molecule has 1 aromatic rings. The highest BCUT2D eigenvalue weighted by Crippen LogP contribution is 2.36. The lowest BCUT2D eigenvalue weighted by Crippen LogP contribution is -2.42. The van der Waals surface area contributed by atoms with Crippen LogP contribution in [0.3, 0.4) is 0 Å². The second kappa shape index (κ2) is 5.57. The van der Waals surface area contributed by atoms with E-state index in [0.29, 0.717) is 12.1 Å². The molecule has 1 aliphatic carbocycles. The molecule has 1 saturated carbocycles. The first-order valence-corrected chi connectivity index (χ1v) is 7.22. The summed E-state index contributed by atoms with van der Waals surface area (Å²) in [6.45, 7) is 3.68. The second-order valence-corrected chi connectivity index (χ2v) is 5.52. The second-order valence-electron chi connectivity index (χ2n) is 5.52. The van der Waals surface area contributed by atoms with Gasteiger partial charge in [-0.1, -0.05) is 6.07 Å². The minimum atomic E-state index is -0.258. The van der Waals surface area contributed by atoms with Gasteiger partial charge in [-0.25, -0.2) is 0 Å². The molecular formula is C15H22N2O2. The molecule has 1 unspecified atom stereocenters. The Balaban J connectivity index is 1.52. The first-order chi connectivity index (χ1) is 9.27. The van der Waals surface area contributed by atoms with Crippen molar-refractivity contribution in [1.82, 2.24) is 10.3 Å². The standard InChI is InChI=1S/C15H22N2O2/c1-12(14-4-2-3-9-16-14)17-13-5-7-15(8-6-13)18-10-11-19-15/h2-4,9,12-13,17H,5-8,10-11H2,1H3. The predicted octanol–water partition coefficient (Wildman–Crippen LogP) is 2.42. The molecule has 1 aromatic heterocycles. The highest BCUT2D eigenvalue weighted by molar-refractivity contribution is 5.08. The van der Waals surface area contributed by atoms with Gasteiger partial charge in [0.05, 0.1) is 18.9 Å². The number of ether oxygens (including phenoxy) is 2. The van der Waals surface area contributed by atoms with Gasteiger partial charge in [0.2, 0.25) is 0 Å². The summed E-state index contributed by atoms with van der Waals surface area (Å²) in [5.74, 6) is -0.258. The van der Waals surface area contributed by atoms with Crippen LogP contribution in [-0.2, 0) is 9.47 Å². The van der Waals surface area contributed by atoms with Gasteiger partial charge in [0, 0.05) is 31.1 Å². The first-order valence-electron chi connectivity index (χ1n) is 7.22. The molecule has 1 atom stereocenters. The third-order valence-corrected chi connectivity index (χ3v) is 4.18. The summed E-state index contributed by atoms with van der Waals surface area (Å²) in [5, 5.41) is 3.67. The fraction of sp³-hybridized carbons (Fsp3) is 0.667. The van der Waals surface area contributed by atoms with Crippen LogP contribution in [0.5, 0.6) is 0 Å². The first kappa shape index (κ1) is 13.0. The van der Waals surface area contributed by atoms with Crippen molar-refractivity contribution in [1.29, 1.82) is 0 Å². The molecule has 19 heavy (non-hydrogen) atoms. The van der Waals surface area contributed by atoms with Crippen LogP contribution >= 0.6 is 0 Å². The molecule has 4 heteroatoms. The topological polar surface area (TPSA) is 43.4 Å². The van der Waals surface area contributed by atoms with Gasteiger partial charge in [0.15, 0.2) is 5.79 Å². The minimum absolute atomic E-state index is 0.258. The monoisotopic (exact) mass is 262 g/mol. The normalized spacial score (nSPS) is 24.7. The Kier molecular flexibility index (Phi) is 3.82. The summed E-state index contributed by atoms with van der Waals surface area (Å²) in [4.78, 5) is 4.40. The van der Waals surface area contributed by atoms with E-state index in [2.05, 4.69) is 23.3 Å². The Bertz CT molecular complexity index is 394. The van der Waals surface area contributed by atoms with Gasteiger partial charge >= 0.3 is 0 Å². The fourth-order valence-corrected chi connectivity index (χ4v) is 3.08. The average Bonchev–Trinajstić information content (AvgIpc) is 2.91. The highest BCUT2D eigenvalue weighted by atomic mass is 16.7. The van der Waals surface area contributed by atoms with Crippen LogP contribution in [0.15, 0.2) is 24.4 Å². The number of nitrogens with one attached hydrogen (secondary N) is 1. The van der Waals surface area contributed by atoms with Crippen LogP contribution < -0.4 is 5.32 Å². The molecule has 1 spiro atoms. The van der Waals surface area contributed by atoms with E-state index in [4.69, 9.17) is 9.47 Å². The van der Waals surface area contributed by atoms with E-state index in [1.165, 1.54) is 0 Å². The van der Waals surface area contributed by atoms with Crippen molar-refractivity contribution in [3.8, 4) is 0 Å². The largest absolute Gasteiger partial charge is 0.348 e. The Labute approximate surface area is 114 Å². The van der Waals surface area contributed by atoms with Crippen molar-refractivity contribution in [3.05, 3.63) is 30.1 Å². The van der Waals surface area contributed by atoms with Gasteiger partial charge < -0.3 is 14.8 Å². The minimum Gasteiger partial charge on any atom is -0.348 e. The zero-order valence-electron chi connectivity index (χ0n) is 11.5. The zero-order chi connectivity index (χ0) is 13.1. The third kappa shape index (κ3) is 2.96. The van der Waals surface area contributed by atoms with E-state index in [0.717, 1.165) is 44.6 Å². The number of pyridine rings is 1. The summed E-state index contributed by atoms with van der Waals surface area (Å²) in [7, 11) is 0. The summed E-state index contributed by atoms with van der Waals surface area (Å²) in [6, 6.07) is 6.90. The molecule has 0 bridgehead atoms. The quantitative estimate of drug-likeness (QED) is 0.908. The Morgan fingerprint density at radius 2 is 2.00 bits per heavy atom. The van der Waals surface area contributed by atoms with Crippen LogP contribution in [0.4, 0.5) is 0 Å². The molecular weight excluding hydrogens is 240 g/mol. The maximum absolute atomic E-state index is 5.76. The molecule has 0 aromatic carbocycles. The fourth-order valence-electron chi connectivity index (χ4n) is 3.08.